The molecule has 0 saturated heterocycles. The maximum absolute atomic E-state index is 13.2. The minimum absolute atomic E-state index is 0.319. The molecule has 140 valence electrons. The third kappa shape index (κ3) is 4.08. The normalized spacial score (nSPS) is 10.3. The highest BCUT2D eigenvalue weighted by Crippen LogP contribution is 2.22. The molecule has 0 atom stereocenters. The fourth-order valence-corrected chi connectivity index (χ4v) is 3.21. The van der Waals surface area contributed by atoms with Gasteiger partial charge in [0.1, 0.15) is 5.75 Å². The Hall–Kier alpha value is -4.15. The molecule has 3 aromatic carbocycles. The van der Waals surface area contributed by atoms with Gasteiger partial charge >= 0.3 is 5.97 Å². The van der Waals surface area contributed by atoms with E-state index in [1.165, 1.54) is 6.07 Å². The van der Waals surface area contributed by atoms with Crippen LogP contribution < -0.4 is 9.30 Å². The van der Waals surface area contributed by atoms with Crippen molar-refractivity contribution in [2.75, 3.05) is 0 Å². The van der Waals surface area contributed by atoms with E-state index in [1.54, 1.807) is 18.2 Å². The van der Waals surface area contributed by atoms with E-state index in [4.69, 9.17) is 10.3 Å². The molecule has 0 N–H and O–H groups in total. The van der Waals surface area contributed by atoms with Crippen LogP contribution in [0.5, 0.6) is 5.75 Å². The predicted octanol–water partition coefficient (Wildman–Crippen LogP) is 5.34. The Morgan fingerprint density at radius 3 is 2.59 bits per heavy atom. The van der Waals surface area contributed by atoms with E-state index >= 15 is 0 Å². The number of pyridine rings is 1. The van der Waals surface area contributed by atoms with Gasteiger partial charge in [-0.3, -0.25) is 0 Å². The number of esters is 1. The average Bonchev–Trinajstić information content (AvgIpc) is 2.75. The molecular formula is C23H17N4O2+. The molecule has 1 heterocycles. The second-order valence-corrected chi connectivity index (χ2v) is 6.44. The first-order valence-corrected chi connectivity index (χ1v) is 9.07. The second-order valence-electron chi connectivity index (χ2n) is 6.44. The van der Waals surface area contributed by atoms with E-state index in [0.717, 1.165) is 16.3 Å². The molecule has 0 fully saturated rings. The molecule has 29 heavy (non-hydrogen) atoms. The number of hydrogen-bond donors (Lipinski definition) is 0. The Bertz CT molecular complexity index is 1230. The van der Waals surface area contributed by atoms with Crippen molar-refractivity contribution in [3.05, 3.63) is 113 Å². The first kappa shape index (κ1) is 18.2. The highest BCUT2D eigenvalue weighted by molar-refractivity contribution is 6.01. The summed E-state index contributed by atoms with van der Waals surface area (Å²) >= 11 is 0. The lowest BCUT2D eigenvalue weighted by Gasteiger charge is -2.08. The first-order valence-electron chi connectivity index (χ1n) is 9.07. The van der Waals surface area contributed by atoms with Gasteiger partial charge in [0.05, 0.1) is 5.39 Å². The van der Waals surface area contributed by atoms with E-state index in [1.807, 2.05) is 71.4 Å². The molecule has 0 unspecified atom stereocenters. The smallest absolute Gasteiger partial charge is 0.409 e. The van der Waals surface area contributed by atoms with Crippen LogP contribution in [0.25, 0.3) is 21.2 Å². The third-order valence-corrected chi connectivity index (χ3v) is 4.51. The van der Waals surface area contributed by atoms with Gasteiger partial charge in [-0.2, -0.15) is 4.57 Å². The molecule has 0 aliphatic carbocycles. The van der Waals surface area contributed by atoms with Crippen molar-refractivity contribution in [2.24, 2.45) is 5.11 Å². The SMILES string of the molecule is [N-]=[N+]=Nc1cccc(OC(=O)c2c3ccccc3cc[n+]2Cc2ccccc2)c1. The zero-order valence-corrected chi connectivity index (χ0v) is 15.5. The van der Waals surface area contributed by atoms with Crippen LogP contribution in [-0.2, 0) is 6.54 Å². The maximum atomic E-state index is 13.2. The van der Waals surface area contributed by atoms with Gasteiger partial charge in [-0.15, -0.1) is 0 Å². The van der Waals surface area contributed by atoms with Crippen molar-refractivity contribution in [2.45, 2.75) is 6.54 Å². The molecule has 0 amide bonds. The number of azide groups is 1. The van der Waals surface area contributed by atoms with Gasteiger partial charge in [-0.1, -0.05) is 65.8 Å². The molecule has 0 spiro atoms. The minimum Gasteiger partial charge on any atom is -0.419 e. The topological polar surface area (TPSA) is 78.9 Å². The van der Waals surface area contributed by atoms with Crippen molar-refractivity contribution in [3.63, 3.8) is 0 Å². The number of rotatable bonds is 5. The van der Waals surface area contributed by atoms with Crippen molar-refractivity contribution in [1.29, 1.82) is 0 Å². The Morgan fingerprint density at radius 2 is 1.76 bits per heavy atom. The summed E-state index contributed by atoms with van der Waals surface area (Å²) in [6.45, 7) is 0.537. The third-order valence-electron chi connectivity index (χ3n) is 4.51. The summed E-state index contributed by atoms with van der Waals surface area (Å²) in [7, 11) is 0. The predicted molar refractivity (Wildman–Crippen MR) is 110 cm³/mol. The Balaban J connectivity index is 1.76. The zero-order valence-electron chi connectivity index (χ0n) is 15.5. The summed E-state index contributed by atoms with van der Waals surface area (Å²) in [5, 5.41) is 5.31. The largest absolute Gasteiger partial charge is 0.419 e. The van der Waals surface area contributed by atoms with Crippen molar-refractivity contribution in [3.8, 4) is 5.75 Å². The molecule has 0 radical (unpaired) electrons. The van der Waals surface area contributed by atoms with Gasteiger partial charge in [0.15, 0.2) is 12.7 Å². The van der Waals surface area contributed by atoms with Crippen molar-refractivity contribution >= 4 is 22.4 Å². The van der Waals surface area contributed by atoms with Gasteiger partial charge in [0.25, 0.3) is 5.69 Å². The average molecular weight is 381 g/mol. The number of fused-ring (bicyclic) bond motifs is 1. The number of nitrogens with zero attached hydrogens (tertiary/aromatic N) is 4. The van der Waals surface area contributed by atoms with E-state index in [0.29, 0.717) is 23.7 Å². The summed E-state index contributed by atoms with van der Waals surface area (Å²) in [6, 6.07) is 26.1. The summed E-state index contributed by atoms with van der Waals surface area (Å²) < 4.78 is 7.52. The van der Waals surface area contributed by atoms with Gasteiger partial charge in [0.2, 0.25) is 0 Å². The number of carbonyl (C=O) groups excluding carboxylic acids is 1. The lowest BCUT2D eigenvalue weighted by Crippen LogP contribution is -2.42. The quantitative estimate of drug-likeness (QED) is 0.117. The number of ether oxygens (including phenoxy) is 1. The fourth-order valence-electron chi connectivity index (χ4n) is 3.21. The van der Waals surface area contributed by atoms with Crippen LogP contribution in [0, 0.1) is 0 Å². The number of hydrogen-bond acceptors (Lipinski definition) is 3. The standard InChI is InChI=1S/C23H17N4O2/c24-26-25-19-10-6-11-20(15-19)29-23(28)22-21-12-5-4-9-18(21)13-14-27(22)16-17-7-2-1-3-8-17/h1-15H,16H2/q+1. The van der Waals surface area contributed by atoms with Gasteiger partial charge in [-0.05, 0) is 29.1 Å². The van der Waals surface area contributed by atoms with Crippen LogP contribution in [0.2, 0.25) is 0 Å². The van der Waals surface area contributed by atoms with E-state index in [2.05, 4.69) is 10.0 Å². The molecule has 6 nitrogen and oxygen atoms in total. The van der Waals surface area contributed by atoms with Crippen LogP contribution in [0.1, 0.15) is 16.1 Å². The minimum atomic E-state index is -0.476. The van der Waals surface area contributed by atoms with Crippen LogP contribution in [0.3, 0.4) is 0 Å². The highest BCUT2D eigenvalue weighted by Gasteiger charge is 2.25. The molecule has 4 aromatic rings. The summed E-state index contributed by atoms with van der Waals surface area (Å²) in [5.41, 5.74) is 10.5. The first-order chi connectivity index (χ1) is 14.2. The summed E-state index contributed by atoms with van der Waals surface area (Å²) in [4.78, 5) is 15.9. The molecular weight excluding hydrogens is 364 g/mol. The van der Waals surface area contributed by atoms with E-state index in [9.17, 15) is 4.79 Å². The number of benzene rings is 3. The lowest BCUT2D eigenvalue weighted by atomic mass is 10.1. The molecule has 1 aromatic heterocycles. The van der Waals surface area contributed by atoms with Crippen molar-refractivity contribution < 1.29 is 14.1 Å². The molecule has 0 aliphatic rings. The van der Waals surface area contributed by atoms with Crippen LogP contribution in [0.15, 0.2) is 96.2 Å². The van der Waals surface area contributed by atoms with Crippen LogP contribution in [0.4, 0.5) is 5.69 Å². The second kappa shape index (κ2) is 8.25. The number of aromatic nitrogens is 1. The van der Waals surface area contributed by atoms with Gasteiger partial charge in [-0.25, -0.2) is 4.79 Å². The number of carbonyl (C=O) groups is 1. The van der Waals surface area contributed by atoms with E-state index < -0.39 is 5.97 Å². The van der Waals surface area contributed by atoms with Crippen molar-refractivity contribution in [1.82, 2.24) is 0 Å². The highest BCUT2D eigenvalue weighted by atomic mass is 16.5. The van der Waals surface area contributed by atoms with Gasteiger partial charge in [0, 0.05) is 22.2 Å². The molecule has 0 saturated carbocycles. The monoisotopic (exact) mass is 381 g/mol. The molecule has 0 aliphatic heterocycles. The Morgan fingerprint density at radius 1 is 0.966 bits per heavy atom. The van der Waals surface area contributed by atoms with Gasteiger partial charge < -0.3 is 4.74 Å². The Kier molecular flexibility index (Phi) is 5.18. The Labute approximate surface area is 167 Å². The summed E-state index contributed by atoms with van der Waals surface area (Å²) in [6.07, 6.45) is 1.89. The lowest BCUT2D eigenvalue weighted by molar-refractivity contribution is -0.689. The van der Waals surface area contributed by atoms with Crippen LogP contribution >= 0.6 is 0 Å². The maximum Gasteiger partial charge on any atom is 0.409 e. The van der Waals surface area contributed by atoms with E-state index in [-0.39, 0.29) is 0 Å². The summed E-state index contributed by atoms with van der Waals surface area (Å²) in [5.74, 6) is -0.157. The molecule has 4 rings (SSSR count). The molecule has 6 heteroatoms. The zero-order chi connectivity index (χ0) is 20.1. The molecule has 0 bridgehead atoms. The fraction of sp³-hybridized carbons (Fsp3) is 0.0435. The van der Waals surface area contributed by atoms with Crippen LogP contribution in [-0.4, -0.2) is 5.97 Å².